The summed E-state index contributed by atoms with van der Waals surface area (Å²) in [6.45, 7) is 1.99. The molecule has 5 nitrogen and oxygen atoms in total. The van der Waals surface area contributed by atoms with Gasteiger partial charge in [0.2, 0.25) is 0 Å². The Labute approximate surface area is 213 Å². The lowest BCUT2D eigenvalue weighted by Gasteiger charge is -2.27. The summed E-state index contributed by atoms with van der Waals surface area (Å²) in [6.07, 6.45) is 4.62. The number of phenolic OH excluding ortho intramolecular Hbond substituents is 1. The number of benzene rings is 3. The Kier molecular flexibility index (Phi) is 8.70. The maximum absolute atomic E-state index is 14.4. The van der Waals surface area contributed by atoms with Gasteiger partial charge in [0.05, 0.1) is 7.11 Å². The summed E-state index contributed by atoms with van der Waals surface area (Å²) in [5.74, 6) is 1.58. The van der Waals surface area contributed by atoms with Gasteiger partial charge in [-0.1, -0.05) is 18.2 Å². The smallest absolute Gasteiger partial charge is 0.165 e. The van der Waals surface area contributed by atoms with E-state index in [1.165, 1.54) is 16.7 Å². The van der Waals surface area contributed by atoms with Crippen LogP contribution in [0.5, 0.6) is 17.2 Å². The highest BCUT2D eigenvalue weighted by atomic mass is 19.1. The van der Waals surface area contributed by atoms with E-state index in [1.807, 2.05) is 43.3 Å². The van der Waals surface area contributed by atoms with E-state index in [2.05, 4.69) is 17.4 Å². The first-order valence-electron chi connectivity index (χ1n) is 12.7. The molecule has 0 bridgehead atoms. The molecule has 1 aliphatic rings. The third kappa shape index (κ3) is 6.70. The number of phenols is 1. The molecular formula is C30H37FN2O3. The number of likely N-dealkylation sites (N-methyl/N-ethyl adjacent to an activating group) is 1. The average Bonchev–Trinajstić information content (AvgIpc) is 2.87. The highest BCUT2D eigenvalue weighted by Crippen LogP contribution is 2.38. The first-order valence-corrected chi connectivity index (χ1v) is 12.7. The molecule has 0 spiro atoms. The van der Waals surface area contributed by atoms with E-state index in [1.54, 1.807) is 25.3 Å². The van der Waals surface area contributed by atoms with Gasteiger partial charge in [-0.3, -0.25) is 0 Å². The molecule has 0 aliphatic heterocycles. The SMILES string of the molecule is COc1ccc(C2CCc3cc(O)ccc3C2)c(NCCCc2ccc(OCCN(C)C)c(F)c2)c1. The van der Waals surface area contributed by atoms with Crippen molar-refractivity contribution in [3.05, 3.63) is 82.7 Å². The van der Waals surface area contributed by atoms with Crippen molar-refractivity contribution < 1.29 is 19.0 Å². The molecule has 1 unspecified atom stereocenters. The van der Waals surface area contributed by atoms with Gasteiger partial charge in [0.15, 0.2) is 11.6 Å². The van der Waals surface area contributed by atoms with Gasteiger partial charge in [0, 0.05) is 24.8 Å². The number of methoxy groups -OCH3 is 1. The summed E-state index contributed by atoms with van der Waals surface area (Å²) in [5, 5.41) is 13.4. The largest absolute Gasteiger partial charge is 0.508 e. The number of rotatable bonds is 11. The lowest BCUT2D eigenvalue weighted by atomic mass is 9.79. The second-order valence-electron chi connectivity index (χ2n) is 9.79. The molecule has 0 fully saturated rings. The summed E-state index contributed by atoms with van der Waals surface area (Å²) in [4.78, 5) is 2.01. The van der Waals surface area contributed by atoms with E-state index in [4.69, 9.17) is 9.47 Å². The number of aryl methyl sites for hydroxylation is 2. The van der Waals surface area contributed by atoms with Crippen molar-refractivity contribution in [2.45, 2.75) is 38.0 Å². The van der Waals surface area contributed by atoms with Crippen LogP contribution < -0.4 is 14.8 Å². The molecule has 0 amide bonds. The molecule has 2 N–H and O–H groups in total. The van der Waals surface area contributed by atoms with Crippen molar-refractivity contribution in [2.75, 3.05) is 46.2 Å². The van der Waals surface area contributed by atoms with Crippen LogP contribution in [0.15, 0.2) is 54.6 Å². The van der Waals surface area contributed by atoms with Gasteiger partial charge in [0.25, 0.3) is 0 Å². The Morgan fingerprint density at radius 1 is 1.06 bits per heavy atom. The number of nitrogens with zero attached hydrogens (tertiary/aromatic N) is 1. The van der Waals surface area contributed by atoms with E-state index >= 15 is 0 Å². The first kappa shape index (κ1) is 25.8. The van der Waals surface area contributed by atoms with Crippen LogP contribution in [0.25, 0.3) is 0 Å². The van der Waals surface area contributed by atoms with Crippen LogP contribution >= 0.6 is 0 Å². The Hall–Kier alpha value is -3.25. The molecule has 192 valence electrons. The van der Waals surface area contributed by atoms with Crippen molar-refractivity contribution in [3.8, 4) is 17.2 Å². The van der Waals surface area contributed by atoms with Crippen molar-refractivity contribution in [3.63, 3.8) is 0 Å². The van der Waals surface area contributed by atoms with Crippen molar-refractivity contribution in [1.82, 2.24) is 4.90 Å². The van der Waals surface area contributed by atoms with Gasteiger partial charge in [-0.05, 0) is 105 Å². The standard InChI is InChI=1S/C30H37FN2O3/c1-33(2)15-16-36-30-13-6-21(17-28(30)31)5-4-14-32-29-20-26(35-3)11-12-27(29)24-8-7-23-19-25(34)10-9-22(23)18-24/h6,9-13,17,19-20,24,32,34H,4-5,7-8,14-16,18H2,1-3H3. The molecular weight excluding hydrogens is 455 g/mol. The van der Waals surface area contributed by atoms with Gasteiger partial charge < -0.3 is 24.8 Å². The molecule has 0 aromatic heterocycles. The van der Waals surface area contributed by atoms with Gasteiger partial charge >= 0.3 is 0 Å². The Morgan fingerprint density at radius 3 is 2.69 bits per heavy atom. The zero-order valence-electron chi connectivity index (χ0n) is 21.5. The van der Waals surface area contributed by atoms with Crippen LogP contribution in [0.2, 0.25) is 0 Å². The highest BCUT2D eigenvalue weighted by Gasteiger charge is 2.23. The third-order valence-corrected chi connectivity index (χ3v) is 6.87. The molecule has 3 aromatic rings. The van der Waals surface area contributed by atoms with Gasteiger partial charge in [-0.2, -0.15) is 0 Å². The number of anilines is 1. The van der Waals surface area contributed by atoms with Crippen molar-refractivity contribution in [2.24, 2.45) is 0 Å². The third-order valence-electron chi connectivity index (χ3n) is 6.87. The van der Waals surface area contributed by atoms with Gasteiger partial charge in [0.1, 0.15) is 18.1 Å². The molecule has 0 saturated carbocycles. The Bertz CT molecular complexity index is 1160. The average molecular weight is 493 g/mol. The highest BCUT2D eigenvalue weighted by molar-refractivity contribution is 5.57. The summed E-state index contributed by atoms with van der Waals surface area (Å²) in [7, 11) is 5.61. The second kappa shape index (κ2) is 12.1. The van der Waals surface area contributed by atoms with E-state index in [0.717, 1.165) is 62.2 Å². The molecule has 0 heterocycles. The van der Waals surface area contributed by atoms with Crippen molar-refractivity contribution >= 4 is 5.69 Å². The molecule has 6 heteroatoms. The first-order chi connectivity index (χ1) is 17.4. The maximum Gasteiger partial charge on any atom is 0.165 e. The maximum atomic E-state index is 14.4. The number of hydrogen-bond donors (Lipinski definition) is 2. The zero-order valence-corrected chi connectivity index (χ0v) is 21.5. The Balaban J connectivity index is 1.35. The molecule has 0 radical (unpaired) electrons. The zero-order chi connectivity index (χ0) is 25.5. The predicted octanol–water partition coefficient (Wildman–Crippen LogP) is 5.80. The summed E-state index contributed by atoms with van der Waals surface area (Å²) >= 11 is 0. The van der Waals surface area contributed by atoms with Crippen LogP contribution in [0, 0.1) is 5.82 Å². The molecule has 4 rings (SSSR count). The summed E-state index contributed by atoms with van der Waals surface area (Å²) in [6, 6.07) is 17.2. The fourth-order valence-electron chi connectivity index (χ4n) is 4.85. The minimum Gasteiger partial charge on any atom is -0.508 e. The number of nitrogens with one attached hydrogen (secondary N) is 1. The number of ether oxygens (including phenoxy) is 2. The summed E-state index contributed by atoms with van der Waals surface area (Å²) in [5.41, 5.74) is 5.90. The second-order valence-corrected chi connectivity index (χ2v) is 9.79. The quantitative estimate of drug-likeness (QED) is 0.332. The molecule has 1 atom stereocenters. The van der Waals surface area contributed by atoms with E-state index in [9.17, 15) is 9.50 Å². The van der Waals surface area contributed by atoms with Gasteiger partial charge in [-0.25, -0.2) is 4.39 Å². The van der Waals surface area contributed by atoms with E-state index in [-0.39, 0.29) is 5.82 Å². The lowest BCUT2D eigenvalue weighted by Crippen LogP contribution is -2.19. The normalized spacial score (nSPS) is 15.0. The molecule has 0 saturated heterocycles. The van der Waals surface area contributed by atoms with Crippen LogP contribution in [-0.2, 0) is 19.3 Å². The number of fused-ring (bicyclic) bond motifs is 1. The van der Waals surface area contributed by atoms with Crippen LogP contribution in [0.1, 0.15) is 41.0 Å². The number of hydrogen-bond acceptors (Lipinski definition) is 5. The fraction of sp³-hybridized carbons (Fsp3) is 0.400. The van der Waals surface area contributed by atoms with E-state index < -0.39 is 0 Å². The predicted molar refractivity (Wildman–Crippen MR) is 143 cm³/mol. The Morgan fingerprint density at radius 2 is 1.92 bits per heavy atom. The van der Waals surface area contributed by atoms with Crippen LogP contribution in [0.3, 0.4) is 0 Å². The minimum absolute atomic E-state index is 0.305. The monoisotopic (exact) mass is 492 g/mol. The molecule has 3 aromatic carbocycles. The van der Waals surface area contributed by atoms with Crippen molar-refractivity contribution in [1.29, 1.82) is 0 Å². The van der Waals surface area contributed by atoms with Crippen LogP contribution in [0.4, 0.5) is 10.1 Å². The molecule has 1 aliphatic carbocycles. The molecule has 36 heavy (non-hydrogen) atoms. The van der Waals surface area contributed by atoms with E-state index in [0.29, 0.717) is 24.0 Å². The fourth-order valence-corrected chi connectivity index (χ4v) is 4.85. The van der Waals surface area contributed by atoms with Gasteiger partial charge in [-0.15, -0.1) is 0 Å². The number of aromatic hydroxyl groups is 1. The summed E-state index contributed by atoms with van der Waals surface area (Å²) < 4.78 is 25.5. The lowest BCUT2D eigenvalue weighted by molar-refractivity contribution is 0.252. The topological polar surface area (TPSA) is 54.0 Å². The van der Waals surface area contributed by atoms with Crippen LogP contribution in [-0.4, -0.2) is 50.9 Å². The number of halogens is 1. The minimum atomic E-state index is -0.305.